The van der Waals surface area contributed by atoms with Gasteiger partial charge < -0.3 is 43.6 Å². The van der Waals surface area contributed by atoms with Gasteiger partial charge in [-0.25, -0.2) is 4.79 Å². The molecule has 1 fully saturated rings. The largest absolute Gasteiger partial charge is 0.463 e. The van der Waals surface area contributed by atoms with Gasteiger partial charge in [-0.05, 0) is 23.1 Å². The van der Waals surface area contributed by atoms with Gasteiger partial charge in [0.15, 0.2) is 12.4 Å². The second-order valence-corrected chi connectivity index (χ2v) is 18.9. The number of ether oxygens (including phenoxy) is 7. The first-order chi connectivity index (χ1) is 33.0. The first-order valence-electron chi connectivity index (χ1n) is 24.5. The van der Waals surface area contributed by atoms with Crippen LogP contribution in [0.4, 0.5) is 4.79 Å². The predicted molar refractivity (Wildman–Crippen MR) is 257 cm³/mol. The molecular formula is C52H75NO14S. The van der Waals surface area contributed by atoms with Crippen LogP contribution in [-0.2, 0) is 72.7 Å². The molecule has 3 aromatic rings. The second kappa shape index (κ2) is 33.2. The number of hydrogen-bond acceptors (Lipinski definition) is 13. The summed E-state index contributed by atoms with van der Waals surface area (Å²) in [6.45, 7) is 1.25. The Bertz CT molecular complexity index is 1920. The summed E-state index contributed by atoms with van der Waals surface area (Å²) in [5, 5.41) is 13.4. The Kier molecular flexibility index (Phi) is 27.4. The summed E-state index contributed by atoms with van der Waals surface area (Å²) >= 11 is 0. The molecule has 16 heteroatoms. The minimum atomic E-state index is -4.76. The summed E-state index contributed by atoms with van der Waals surface area (Å²) in [7, 11) is -4.76. The summed E-state index contributed by atoms with van der Waals surface area (Å²) in [5.74, 6) is -2.31. The molecule has 0 aliphatic carbocycles. The summed E-state index contributed by atoms with van der Waals surface area (Å²) in [6, 6.07) is 27.3. The van der Waals surface area contributed by atoms with E-state index >= 15 is 0 Å². The number of aliphatic hydroxyl groups excluding tert-OH is 1. The smallest absolute Gasteiger partial charge is 0.407 e. The van der Waals surface area contributed by atoms with E-state index in [1.54, 1.807) is 12.1 Å². The molecule has 0 aromatic heterocycles. The minimum Gasteiger partial charge on any atom is -0.463 e. The highest BCUT2D eigenvalue weighted by atomic mass is 32.2. The van der Waals surface area contributed by atoms with Crippen LogP contribution in [0, 0.1) is 0 Å². The van der Waals surface area contributed by atoms with Crippen molar-refractivity contribution in [1.82, 2.24) is 5.32 Å². The van der Waals surface area contributed by atoms with Crippen molar-refractivity contribution in [2.75, 3.05) is 25.5 Å². The molecule has 378 valence electrons. The normalized spacial score (nSPS) is 18.7. The molecule has 4 rings (SSSR count). The topological polar surface area (TPSA) is 202 Å². The summed E-state index contributed by atoms with van der Waals surface area (Å²) in [4.78, 5) is 38.4. The highest BCUT2D eigenvalue weighted by Crippen LogP contribution is 2.32. The van der Waals surface area contributed by atoms with Crippen molar-refractivity contribution in [3.8, 4) is 0 Å². The molecule has 6 atom stereocenters. The van der Waals surface area contributed by atoms with Crippen molar-refractivity contribution in [3.05, 3.63) is 108 Å². The quantitative estimate of drug-likeness (QED) is 0.0218. The molecule has 68 heavy (non-hydrogen) atoms. The van der Waals surface area contributed by atoms with E-state index in [1.807, 2.05) is 78.9 Å². The second-order valence-electron chi connectivity index (χ2n) is 17.4. The number of carbonyl (C=O) groups is 3. The van der Waals surface area contributed by atoms with Gasteiger partial charge in [-0.3, -0.25) is 14.1 Å². The summed E-state index contributed by atoms with van der Waals surface area (Å²) in [6.07, 6.45) is 9.06. The zero-order chi connectivity index (χ0) is 48.7. The lowest BCUT2D eigenvalue weighted by atomic mass is 9.98. The Morgan fingerprint density at radius 2 is 1.07 bits per heavy atom. The fourth-order valence-corrected chi connectivity index (χ4v) is 8.49. The van der Waals surface area contributed by atoms with E-state index < -0.39 is 77.3 Å². The molecule has 3 N–H and O–H groups in total. The maximum absolute atomic E-state index is 13.4. The van der Waals surface area contributed by atoms with Gasteiger partial charge in [0, 0.05) is 13.0 Å². The zero-order valence-corrected chi connectivity index (χ0v) is 40.6. The predicted octanol–water partition coefficient (Wildman–Crippen LogP) is 9.18. The van der Waals surface area contributed by atoms with Gasteiger partial charge in [0.05, 0.1) is 26.2 Å². The fourth-order valence-electron chi connectivity index (χ4n) is 7.80. The highest BCUT2D eigenvalue weighted by Gasteiger charge is 2.51. The minimum absolute atomic E-state index is 0.00194. The first-order valence-corrected chi connectivity index (χ1v) is 26.1. The van der Waals surface area contributed by atoms with Crippen molar-refractivity contribution in [2.24, 2.45) is 0 Å². The van der Waals surface area contributed by atoms with Crippen LogP contribution in [0.1, 0.15) is 133 Å². The molecule has 15 nitrogen and oxygen atoms in total. The average Bonchev–Trinajstić information content (AvgIpc) is 3.33. The number of benzene rings is 3. The van der Waals surface area contributed by atoms with Crippen molar-refractivity contribution < 1.29 is 65.6 Å². The molecule has 1 saturated heterocycles. The molecule has 3 aromatic carbocycles. The standard InChI is InChI=1S/C52H75NO14S/c1-2-3-4-5-6-7-8-9-10-11-12-13-14-15-25-32-46(55)61-38-44(54)39-64-51-50(63-36-42-28-21-17-22-29-42)49(62-35-41-26-19-16-20-27-41)48(45(66-51)40-68(58,59)60)67-47(56)33-34-53-52(57)65-37-43-30-23-18-24-31-43/h16-24,26-31,44-45,48-51,54H,2-15,25,32-40H2,1H3,(H,53,57)(H,58,59,60)/t44?,45-,48-,49+,50-,51+/m1/s1. The van der Waals surface area contributed by atoms with E-state index in [4.69, 9.17) is 33.2 Å². The molecule has 1 aliphatic rings. The SMILES string of the molecule is CCCCCCCCCCCCCCCCCC(=O)OCC(O)CO[C@H]1O[C@H](CS(=O)(=O)O)[C@@H](OC(=O)CCNC(=O)OCc2ccccc2)[C@H](OCc2ccccc2)[C@H]1OCc1ccccc1. The third-order valence-corrected chi connectivity index (χ3v) is 12.2. The first kappa shape index (κ1) is 56.2. The number of aliphatic hydroxyl groups is 1. The van der Waals surface area contributed by atoms with Gasteiger partial charge >= 0.3 is 18.0 Å². The lowest BCUT2D eigenvalue weighted by Crippen LogP contribution is -2.62. The number of nitrogens with one attached hydrogen (secondary N) is 1. The Balaban J connectivity index is 1.33. The van der Waals surface area contributed by atoms with Gasteiger partial charge in [-0.1, -0.05) is 188 Å². The third kappa shape index (κ3) is 24.2. The van der Waals surface area contributed by atoms with Gasteiger partial charge in [0.1, 0.15) is 43.4 Å². The summed E-state index contributed by atoms with van der Waals surface area (Å²) < 4.78 is 76.4. The fraction of sp³-hybridized carbons (Fsp3) is 0.596. The van der Waals surface area contributed by atoms with E-state index in [2.05, 4.69) is 12.2 Å². The number of esters is 2. The lowest BCUT2D eigenvalue weighted by molar-refractivity contribution is -0.317. The van der Waals surface area contributed by atoms with Crippen LogP contribution in [0.3, 0.4) is 0 Å². The van der Waals surface area contributed by atoms with E-state index in [9.17, 15) is 32.5 Å². The number of unbranched alkanes of at least 4 members (excludes halogenated alkanes) is 14. The Hall–Kier alpha value is -4.42. The van der Waals surface area contributed by atoms with Crippen molar-refractivity contribution in [1.29, 1.82) is 0 Å². The Morgan fingerprint density at radius 3 is 1.59 bits per heavy atom. The van der Waals surface area contributed by atoms with Gasteiger partial charge in [-0.2, -0.15) is 8.42 Å². The molecule has 0 spiro atoms. The van der Waals surface area contributed by atoms with Crippen LogP contribution in [0.5, 0.6) is 0 Å². The van der Waals surface area contributed by atoms with E-state index in [-0.39, 0.29) is 45.8 Å². The van der Waals surface area contributed by atoms with Crippen LogP contribution in [0.25, 0.3) is 0 Å². The number of hydrogen-bond donors (Lipinski definition) is 3. The molecular weight excluding hydrogens is 895 g/mol. The van der Waals surface area contributed by atoms with Crippen molar-refractivity contribution in [3.63, 3.8) is 0 Å². The third-order valence-electron chi connectivity index (χ3n) is 11.5. The maximum atomic E-state index is 13.4. The molecule has 1 heterocycles. The van der Waals surface area contributed by atoms with Gasteiger partial charge in [0.25, 0.3) is 10.1 Å². The van der Waals surface area contributed by atoms with Crippen LogP contribution in [0.15, 0.2) is 91.0 Å². The summed E-state index contributed by atoms with van der Waals surface area (Å²) in [5.41, 5.74) is 2.26. The van der Waals surface area contributed by atoms with Crippen LogP contribution < -0.4 is 5.32 Å². The van der Waals surface area contributed by atoms with Crippen LogP contribution >= 0.6 is 0 Å². The zero-order valence-electron chi connectivity index (χ0n) is 39.8. The van der Waals surface area contributed by atoms with Crippen LogP contribution in [-0.4, -0.2) is 98.4 Å². The number of carbonyl (C=O) groups excluding carboxylic acids is 3. The number of alkyl carbamates (subject to hydrolysis) is 1. The molecule has 0 radical (unpaired) electrons. The van der Waals surface area contributed by atoms with Crippen molar-refractivity contribution in [2.45, 2.75) is 173 Å². The number of rotatable bonds is 35. The highest BCUT2D eigenvalue weighted by molar-refractivity contribution is 7.85. The maximum Gasteiger partial charge on any atom is 0.407 e. The molecule has 1 aliphatic heterocycles. The Morgan fingerprint density at radius 1 is 0.588 bits per heavy atom. The number of amides is 1. The molecule has 0 saturated carbocycles. The van der Waals surface area contributed by atoms with Crippen LogP contribution in [0.2, 0.25) is 0 Å². The Labute approximate surface area is 403 Å². The lowest BCUT2D eigenvalue weighted by Gasteiger charge is -2.45. The van der Waals surface area contributed by atoms with E-state index in [1.165, 1.54) is 70.6 Å². The molecule has 1 unspecified atom stereocenters. The van der Waals surface area contributed by atoms with Gasteiger partial charge in [0.2, 0.25) is 0 Å². The van der Waals surface area contributed by atoms with Gasteiger partial charge in [-0.15, -0.1) is 0 Å². The average molecular weight is 970 g/mol. The van der Waals surface area contributed by atoms with Crippen molar-refractivity contribution >= 4 is 28.1 Å². The monoisotopic (exact) mass is 969 g/mol. The van der Waals surface area contributed by atoms with E-state index in [0.717, 1.165) is 36.0 Å². The molecule has 0 bridgehead atoms. The van der Waals surface area contributed by atoms with E-state index in [0.29, 0.717) is 6.42 Å². The molecule has 1 amide bonds.